The van der Waals surface area contributed by atoms with Gasteiger partial charge in [0.25, 0.3) is 0 Å². The van der Waals surface area contributed by atoms with Gasteiger partial charge in [-0.15, -0.1) is 0 Å². The molecule has 0 aliphatic rings. The van der Waals surface area contributed by atoms with Crippen LogP contribution >= 0.6 is 0 Å². The van der Waals surface area contributed by atoms with Crippen molar-refractivity contribution in [2.75, 3.05) is 11.9 Å². The molecule has 3 rings (SSSR count). The van der Waals surface area contributed by atoms with Gasteiger partial charge in [-0.1, -0.05) is 12.1 Å². The summed E-state index contributed by atoms with van der Waals surface area (Å²) < 4.78 is 10.7. The lowest BCUT2D eigenvalue weighted by Gasteiger charge is -2.02. The number of carbonyl (C=O) groups is 3. The SMILES string of the molecule is CCOC(=O)c1ccc(-c2ccc(/C=C/C(=O)c3ccc(NC(C)=O)cc3)o2)cc1. The van der Waals surface area contributed by atoms with E-state index in [0.29, 0.717) is 34.9 Å². The molecule has 0 saturated carbocycles. The van der Waals surface area contributed by atoms with E-state index >= 15 is 0 Å². The Kier molecular flexibility index (Phi) is 6.60. The van der Waals surface area contributed by atoms with Crippen molar-refractivity contribution in [1.82, 2.24) is 0 Å². The summed E-state index contributed by atoms with van der Waals surface area (Å²) in [5, 5.41) is 2.65. The number of ether oxygens (including phenoxy) is 1. The third kappa shape index (κ3) is 5.32. The number of nitrogens with one attached hydrogen (secondary N) is 1. The molecular weight excluding hydrogens is 382 g/mol. The van der Waals surface area contributed by atoms with Crippen LogP contribution in [0.2, 0.25) is 0 Å². The zero-order valence-corrected chi connectivity index (χ0v) is 16.7. The zero-order chi connectivity index (χ0) is 21.5. The average molecular weight is 403 g/mol. The maximum atomic E-state index is 12.3. The molecule has 0 aliphatic carbocycles. The lowest BCUT2D eigenvalue weighted by molar-refractivity contribution is -0.114. The fourth-order valence-electron chi connectivity index (χ4n) is 2.76. The minimum atomic E-state index is -0.365. The largest absolute Gasteiger partial charge is 0.462 e. The van der Waals surface area contributed by atoms with Crippen molar-refractivity contribution in [3.63, 3.8) is 0 Å². The van der Waals surface area contributed by atoms with E-state index in [1.165, 1.54) is 13.0 Å². The second-order valence-electron chi connectivity index (χ2n) is 6.46. The fourth-order valence-corrected chi connectivity index (χ4v) is 2.76. The predicted molar refractivity (Wildman–Crippen MR) is 114 cm³/mol. The molecule has 0 spiro atoms. The van der Waals surface area contributed by atoms with Gasteiger partial charge in [0.2, 0.25) is 5.91 Å². The molecule has 1 heterocycles. The number of furan rings is 1. The van der Waals surface area contributed by atoms with Crippen LogP contribution in [-0.4, -0.2) is 24.3 Å². The summed E-state index contributed by atoms with van der Waals surface area (Å²) >= 11 is 0. The second-order valence-corrected chi connectivity index (χ2v) is 6.46. The highest BCUT2D eigenvalue weighted by atomic mass is 16.5. The van der Waals surface area contributed by atoms with Crippen molar-refractivity contribution < 1.29 is 23.5 Å². The third-order valence-corrected chi connectivity index (χ3v) is 4.20. The van der Waals surface area contributed by atoms with Crippen LogP contribution in [0, 0.1) is 0 Å². The number of rotatable bonds is 7. The number of amides is 1. The van der Waals surface area contributed by atoms with E-state index in [1.807, 2.05) is 0 Å². The van der Waals surface area contributed by atoms with Gasteiger partial charge < -0.3 is 14.5 Å². The Balaban J connectivity index is 1.66. The number of esters is 1. The molecule has 152 valence electrons. The molecule has 0 unspecified atom stereocenters. The van der Waals surface area contributed by atoms with E-state index in [2.05, 4.69) is 5.32 Å². The van der Waals surface area contributed by atoms with Crippen molar-refractivity contribution in [2.45, 2.75) is 13.8 Å². The van der Waals surface area contributed by atoms with Gasteiger partial charge in [-0.05, 0) is 67.6 Å². The highest BCUT2D eigenvalue weighted by Crippen LogP contribution is 2.23. The number of hydrogen-bond donors (Lipinski definition) is 1. The molecule has 1 amide bonds. The van der Waals surface area contributed by atoms with E-state index in [-0.39, 0.29) is 17.7 Å². The van der Waals surface area contributed by atoms with Crippen LogP contribution < -0.4 is 5.32 Å². The molecule has 1 N–H and O–H groups in total. The van der Waals surface area contributed by atoms with Crippen molar-refractivity contribution in [1.29, 1.82) is 0 Å². The predicted octanol–water partition coefficient (Wildman–Crippen LogP) is 4.98. The van der Waals surface area contributed by atoms with Crippen LogP contribution in [0.25, 0.3) is 17.4 Å². The van der Waals surface area contributed by atoms with E-state index < -0.39 is 0 Å². The Morgan fingerprint density at radius 3 is 2.23 bits per heavy atom. The van der Waals surface area contributed by atoms with Gasteiger partial charge in [0.15, 0.2) is 5.78 Å². The Morgan fingerprint density at radius 2 is 1.60 bits per heavy atom. The van der Waals surface area contributed by atoms with Crippen molar-refractivity contribution in [3.8, 4) is 11.3 Å². The molecule has 2 aromatic carbocycles. The lowest BCUT2D eigenvalue weighted by Crippen LogP contribution is -2.05. The molecule has 0 fully saturated rings. The smallest absolute Gasteiger partial charge is 0.338 e. The van der Waals surface area contributed by atoms with E-state index in [4.69, 9.17) is 9.15 Å². The van der Waals surface area contributed by atoms with Gasteiger partial charge in [-0.3, -0.25) is 9.59 Å². The lowest BCUT2D eigenvalue weighted by atomic mass is 10.1. The van der Waals surface area contributed by atoms with Gasteiger partial charge >= 0.3 is 5.97 Å². The second kappa shape index (κ2) is 9.52. The average Bonchev–Trinajstić information content (AvgIpc) is 3.21. The first-order valence-electron chi connectivity index (χ1n) is 9.43. The fraction of sp³-hybridized carbons (Fsp3) is 0.125. The maximum absolute atomic E-state index is 12.3. The molecule has 0 aliphatic heterocycles. The molecular formula is C24H21NO5. The van der Waals surface area contributed by atoms with Crippen molar-refractivity contribution >= 4 is 29.4 Å². The van der Waals surface area contributed by atoms with E-state index in [9.17, 15) is 14.4 Å². The summed E-state index contributed by atoms with van der Waals surface area (Å²) in [6.07, 6.45) is 3.03. The number of hydrogen-bond acceptors (Lipinski definition) is 5. The molecule has 6 nitrogen and oxygen atoms in total. The Morgan fingerprint density at radius 1 is 0.933 bits per heavy atom. The van der Waals surface area contributed by atoms with Gasteiger partial charge in [0.05, 0.1) is 12.2 Å². The van der Waals surface area contributed by atoms with Gasteiger partial charge in [-0.25, -0.2) is 4.79 Å². The standard InChI is InChI=1S/C24H21NO5/c1-3-29-24(28)19-6-4-18(5-7-19)23-15-13-21(30-23)12-14-22(27)17-8-10-20(11-9-17)25-16(2)26/h4-15H,3H2,1-2H3,(H,25,26)/b14-12+. The van der Waals surface area contributed by atoms with Crippen LogP contribution in [0.5, 0.6) is 0 Å². The number of anilines is 1. The zero-order valence-electron chi connectivity index (χ0n) is 16.7. The van der Waals surface area contributed by atoms with Crippen LogP contribution in [0.15, 0.2) is 71.2 Å². The minimum Gasteiger partial charge on any atom is -0.462 e. The van der Waals surface area contributed by atoms with Crippen molar-refractivity contribution in [2.24, 2.45) is 0 Å². The summed E-state index contributed by atoms with van der Waals surface area (Å²) in [5.41, 5.74) is 2.42. The summed E-state index contributed by atoms with van der Waals surface area (Å²) in [6.45, 7) is 3.51. The topological polar surface area (TPSA) is 85.6 Å². The minimum absolute atomic E-state index is 0.168. The van der Waals surface area contributed by atoms with Gasteiger partial charge in [0, 0.05) is 23.7 Å². The molecule has 0 saturated heterocycles. The molecule has 0 bridgehead atoms. The first kappa shape index (κ1) is 20.8. The Labute approximate surface area is 174 Å². The third-order valence-electron chi connectivity index (χ3n) is 4.20. The maximum Gasteiger partial charge on any atom is 0.338 e. The van der Waals surface area contributed by atoms with Crippen LogP contribution in [0.3, 0.4) is 0 Å². The van der Waals surface area contributed by atoms with Crippen LogP contribution in [0.1, 0.15) is 40.3 Å². The molecule has 30 heavy (non-hydrogen) atoms. The summed E-state index contributed by atoms with van der Waals surface area (Å²) in [6, 6.07) is 17.1. The summed E-state index contributed by atoms with van der Waals surface area (Å²) in [4.78, 5) is 35.1. The first-order valence-corrected chi connectivity index (χ1v) is 9.43. The van der Waals surface area contributed by atoms with Crippen LogP contribution in [0.4, 0.5) is 5.69 Å². The highest BCUT2D eigenvalue weighted by molar-refractivity contribution is 6.07. The number of allylic oxidation sites excluding steroid dienone is 1. The quantitative estimate of drug-likeness (QED) is 0.342. The van der Waals surface area contributed by atoms with Gasteiger partial charge in [0.1, 0.15) is 11.5 Å². The summed E-state index contributed by atoms with van der Waals surface area (Å²) in [5.74, 6) is 0.440. The molecule has 0 atom stereocenters. The molecule has 0 radical (unpaired) electrons. The van der Waals surface area contributed by atoms with E-state index in [1.54, 1.807) is 73.7 Å². The van der Waals surface area contributed by atoms with E-state index in [0.717, 1.165) is 5.56 Å². The molecule has 6 heteroatoms. The first-order chi connectivity index (χ1) is 14.5. The number of benzene rings is 2. The van der Waals surface area contributed by atoms with Crippen LogP contribution in [-0.2, 0) is 9.53 Å². The molecule has 1 aromatic heterocycles. The highest BCUT2D eigenvalue weighted by Gasteiger charge is 2.09. The van der Waals surface area contributed by atoms with Crippen molar-refractivity contribution in [3.05, 3.63) is 83.6 Å². The normalized spacial score (nSPS) is 10.7. The Hall–Kier alpha value is -3.93. The Bertz CT molecular complexity index is 1080. The summed E-state index contributed by atoms with van der Waals surface area (Å²) in [7, 11) is 0. The number of carbonyl (C=O) groups excluding carboxylic acids is 3. The van der Waals surface area contributed by atoms with Gasteiger partial charge in [-0.2, -0.15) is 0 Å². The monoisotopic (exact) mass is 403 g/mol. The number of ketones is 1. The molecule has 3 aromatic rings.